The second kappa shape index (κ2) is 10.3. The summed E-state index contributed by atoms with van der Waals surface area (Å²) in [6.07, 6.45) is 4.86. The van der Waals surface area contributed by atoms with E-state index >= 15 is 0 Å². The zero-order valence-electron chi connectivity index (χ0n) is 21.3. The Kier molecular flexibility index (Phi) is 6.67. The van der Waals surface area contributed by atoms with E-state index in [4.69, 9.17) is 9.72 Å². The molecule has 1 fully saturated rings. The second-order valence-electron chi connectivity index (χ2n) is 9.83. The molecule has 3 aromatic heterocycles. The minimum absolute atomic E-state index is 0.0575. The standard InChI is InChI=1S/C26H29F3N8O2/c1-15(17-11-16(27)5-6-22(17)39-14-23(28)29)33-24-7-9-36-26(34-24)20(12-31-36)35-10-8-30-25-19(35)13-32-37(25)18-3-2-4-21(18)38/h5-7,9,11-13,15,18,21,23,30,38H,2-4,8,10,14H2,1H3,(H,33,34). The van der Waals surface area contributed by atoms with Gasteiger partial charge in [0.2, 0.25) is 0 Å². The number of nitrogens with zero attached hydrogens (tertiary/aromatic N) is 6. The van der Waals surface area contributed by atoms with Gasteiger partial charge in [-0.05, 0) is 50.5 Å². The SMILES string of the molecule is CC(Nc1ccn2ncc(N3CCNc4c3cnn4C3CCCC3O)c2n1)c1cc(F)ccc1OCC(F)F. The smallest absolute Gasteiger partial charge is 0.272 e. The summed E-state index contributed by atoms with van der Waals surface area (Å²) in [4.78, 5) is 6.88. The summed E-state index contributed by atoms with van der Waals surface area (Å²) in [6, 6.07) is 4.99. The molecule has 0 saturated heterocycles. The number of aliphatic hydroxyl groups excluding tert-OH is 1. The van der Waals surface area contributed by atoms with Crippen LogP contribution in [0.5, 0.6) is 5.75 Å². The lowest BCUT2D eigenvalue weighted by molar-refractivity contribution is 0.0813. The van der Waals surface area contributed by atoms with E-state index in [1.165, 1.54) is 18.2 Å². The molecule has 1 aliphatic carbocycles. The monoisotopic (exact) mass is 542 g/mol. The Labute approximate surface area is 222 Å². The van der Waals surface area contributed by atoms with Crippen molar-refractivity contribution in [1.29, 1.82) is 0 Å². The highest BCUT2D eigenvalue weighted by atomic mass is 19.3. The summed E-state index contributed by atoms with van der Waals surface area (Å²) in [6.45, 7) is 2.34. The van der Waals surface area contributed by atoms with Gasteiger partial charge in [0.25, 0.3) is 6.43 Å². The number of fused-ring (bicyclic) bond motifs is 2. The van der Waals surface area contributed by atoms with Crippen LogP contribution in [0.3, 0.4) is 0 Å². The number of aliphatic hydroxyl groups is 1. The van der Waals surface area contributed by atoms with Crippen LogP contribution in [0, 0.1) is 5.82 Å². The average molecular weight is 543 g/mol. The van der Waals surface area contributed by atoms with Crippen LogP contribution in [0.2, 0.25) is 0 Å². The van der Waals surface area contributed by atoms with E-state index in [9.17, 15) is 18.3 Å². The lowest BCUT2D eigenvalue weighted by Crippen LogP contribution is -2.31. The number of anilines is 4. The van der Waals surface area contributed by atoms with Crippen LogP contribution < -0.4 is 20.3 Å². The Hall–Kier alpha value is -4.00. The van der Waals surface area contributed by atoms with E-state index in [-0.39, 0.29) is 11.8 Å². The fraction of sp³-hybridized carbons (Fsp3) is 0.423. The normalized spacial score (nSPS) is 19.8. The molecule has 1 saturated carbocycles. The Balaban J connectivity index is 1.28. The van der Waals surface area contributed by atoms with Crippen LogP contribution in [-0.4, -0.2) is 61.7 Å². The highest BCUT2D eigenvalue weighted by Crippen LogP contribution is 2.40. The van der Waals surface area contributed by atoms with Gasteiger partial charge in [-0.15, -0.1) is 0 Å². The molecule has 3 unspecified atom stereocenters. The van der Waals surface area contributed by atoms with Crippen LogP contribution in [0.4, 0.5) is 36.2 Å². The van der Waals surface area contributed by atoms with E-state index in [1.54, 1.807) is 36.1 Å². The van der Waals surface area contributed by atoms with Crippen molar-refractivity contribution < 1.29 is 23.0 Å². The van der Waals surface area contributed by atoms with E-state index in [0.29, 0.717) is 30.1 Å². The molecule has 0 radical (unpaired) electrons. The zero-order valence-corrected chi connectivity index (χ0v) is 21.3. The number of hydrogen-bond donors (Lipinski definition) is 3. The van der Waals surface area contributed by atoms with Gasteiger partial charge in [-0.25, -0.2) is 27.4 Å². The maximum Gasteiger partial charge on any atom is 0.272 e. The maximum absolute atomic E-state index is 14.0. The Morgan fingerprint density at radius 2 is 2.03 bits per heavy atom. The molecule has 3 atom stereocenters. The van der Waals surface area contributed by atoms with Crippen molar-refractivity contribution in [2.24, 2.45) is 0 Å². The van der Waals surface area contributed by atoms with E-state index in [0.717, 1.165) is 36.5 Å². The Morgan fingerprint density at radius 1 is 1.18 bits per heavy atom. The lowest BCUT2D eigenvalue weighted by Gasteiger charge is -2.30. The van der Waals surface area contributed by atoms with Crippen molar-refractivity contribution in [3.63, 3.8) is 0 Å². The van der Waals surface area contributed by atoms with Gasteiger partial charge in [0.1, 0.15) is 41.2 Å². The Bertz CT molecular complexity index is 1470. The molecular formula is C26H29F3N8O2. The van der Waals surface area contributed by atoms with Gasteiger partial charge in [0.05, 0.1) is 30.6 Å². The fourth-order valence-corrected chi connectivity index (χ4v) is 5.41. The van der Waals surface area contributed by atoms with Gasteiger partial charge in [-0.2, -0.15) is 10.2 Å². The number of benzene rings is 1. The molecule has 0 spiro atoms. The van der Waals surface area contributed by atoms with Crippen molar-refractivity contribution in [3.8, 4) is 5.75 Å². The first-order chi connectivity index (χ1) is 18.9. The van der Waals surface area contributed by atoms with Crippen molar-refractivity contribution in [2.75, 3.05) is 35.2 Å². The summed E-state index contributed by atoms with van der Waals surface area (Å²) in [5.41, 5.74) is 2.66. The molecule has 3 N–H and O–H groups in total. The summed E-state index contributed by atoms with van der Waals surface area (Å²) in [7, 11) is 0. The lowest BCUT2D eigenvalue weighted by atomic mass is 10.1. The van der Waals surface area contributed by atoms with Crippen molar-refractivity contribution in [2.45, 2.75) is 50.8 Å². The molecule has 4 aromatic rings. The maximum atomic E-state index is 14.0. The molecule has 4 heterocycles. The molecule has 6 rings (SSSR count). The first-order valence-electron chi connectivity index (χ1n) is 13.0. The number of aromatic nitrogens is 5. The number of halogens is 3. The highest BCUT2D eigenvalue weighted by molar-refractivity contribution is 5.82. The summed E-state index contributed by atoms with van der Waals surface area (Å²) >= 11 is 0. The first-order valence-corrected chi connectivity index (χ1v) is 13.0. The minimum atomic E-state index is -2.64. The predicted octanol–water partition coefficient (Wildman–Crippen LogP) is 4.53. The molecule has 0 amide bonds. The van der Waals surface area contributed by atoms with E-state index < -0.39 is 31.0 Å². The van der Waals surface area contributed by atoms with Gasteiger partial charge in [-0.3, -0.25) is 0 Å². The molecule has 2 aliphatic rings. The third-order valence-corrected chi connectivity index (χ3v) is 7.26. The number of rotatable bonds is 8. The van der Waals surface area contributed by atoms with Gasteiger partial charge < -0.3 is 25.4 Å². The summed E-state index contributed by atoms with van der Waals surface area (Å²) < 4.78 is 48.2. The molecule has 1 aliphatic heterocycles. The van der Waals surface area contributed by atoms with Crippen LogP contribution in [0.15, 0.2) is 42.9 Å². The number of nitrogens with one attached hydrogen (secondary N) is 2. The largest absolute Gasteiger partial charge is 0.487 e. The van der Waals surface area contributed by atoms with Crippen LogP contribution in [0.25, 0.3) is 5.65 Å². The highest BCUT2D eigenvalue weighted by Gasteiger charge is 2.33. The van der Waals surface area contributed by atoms with Crippen LogP contribution in [0.1, 0.15) is 43.8 Å². The first kappa shape index (κ1) is 25.3. The molecule has 206 valence electrons. The molecule has 13 heteroatoms. The quantitative estimate of drug-likeness (QED) is 0.298. The van der Waals surface area contributed by atoms with Gasteiger partial charge >= 0.3 is 0 Å². The predicted molar refractivity (Wildman–Crippen MR) is 140 cm³/mol. The third-order valence-electron chi connectivity index (χ3n) is 7.26. The fourth-order valence-electron chi connectivity index (χ4n) is 5.41. The molecule has 0 bridgehead atoms. The Morgan fingerprint density at radius 3 is 2.82 bits per heavy atom. The van der Waals surface area contributed by atoms with Crippen LogP contribution in [-0.2, 0) is 0 Å². The topological polar surface area (TPSA) is 105 Å². The second-order valence-corrected chi connectivity index (χ2v) is 9.83. The van der Waals surface area contributed by atoms with Gasteiger partial charge in [0, 0.05) is 24.8 Å². The molecule has 1 aromatic carbocycles. The van der Waals surface area contributed by atoms with Crippen LogP contribution >= 0.6 is 0 Å². The summed E-state index contributed by atoms with van der Waals surface area (Å²) in [5.74, 6) is 1.04. The van der Waals surface area contributed by atoms with E-state index in [1.807, 2.05) is 4.68 Å². The van der Waals surface area contributed by atoms with E-state index in [2.05, 4.69) is 25.7 Å². The third kappa shape index (κ3) is 4.82. The summed E-state index contributed by atoms with van der Waals surface area (Å²) in [5, 5.41) is 26.2. The van der Waals surface area contributed by atoms with Gasteiger partial charge in [-0.1, -0.05) is 0 Å². The average Bonchev–Trinajstić information content (AvgIpc) is 3.65. The zero-order chi connectivity index (χ0) is 27.1. The number of ether oxygens (including phenoxy) is 1. The van der Waals surface area contributed by atoms with Crippen molar-refractivity contribution >= 4 is 28.7 Å². The van der Waals surface area contributed by atoms with Crippen molar-refractivity contribution in [3.05, 3.63) is 54.2 Å². The number of hydrogen-bond acceptors (Lipinski definition) is 8. The molecule has 39 heavy (non-hydrogen) atoms. The van der Waals surface area contributed by atoms with Gasteiger partial charge in [0.15, 0.2) is 5.65 Å². The molecular weight excluding hydrogens is 513 g/mol. The minimum Gasteiger partial charge on any atom is -0.487 e. The number of alkyl halides is 2. The molecule has 10 nitrogen and oxygen atoms in total. The van der Waals surface area contributed by atoms with Crippen molar-refractivity contribution in [1.82, 2.24) is 24.4 Å².